The van der Waals surface area contributed by atoms with Gasteiger partial charge in [-0.2, -0.15) is 0 Å². The van der Waals surface area contributed by atoms with Crippen LogP contribution in [0.2, 0.25) is 0 Å². The van der Waals surface area contributed by atoms with Crippen LogP contribution in [0.25, 0.3) is 11.1 Å². The molecule has 0 aliphatic rings. The number of thioether (sulfide) groups is 1. The van der Waals surface area contributed by atoms with Gasteiger partial charge in [-0.25, -0.2) is 4.98 Å². The predicted molar refractivity (Wildman–Crippen MR) is 108 cm³/mol. The molecule has 0 fully saturated rings. The molecule has 0 unspecified atom stereocenters. The maximum Gasteiger partial charge on any atom is 0.306 e. The Balaban J connectivity index is 1.45. The number of hydrogen-bond donors (Lipinski definition) is 2. The van der Waals surface area contributed by atoms with Crippen molar-refractivity contribution in [1.29, 1.82) is 0 Å². The van der Waals surface area contributed by atoms with E-state index >= 15 is 0 Å². The summed E-state index contributed by atoms with van der Waals surface area (Å²) in [6, 6.07) is 14.3. The Labute approximate surface area is 170 Å². The summed E-state index contributed by atoms with van der Waals surface area (Å²) in [5.74, 6) is -0.930. The number of para-hydroxylation sites is 3. The number of hydrogen-bond acceptors (Lipinski definition) is 7. The molecule has 1 heterocycles. The second-order valence-corrected chi connectivity index (χ2v) is 7.05. The van der Waals surface area contributed by atoms with Crippen LogP contribution in [-0.4, -0.2) is 35.1 Å². The third-order valence-electron chi connectivity index (χ3n) is 3.78. The number of carbonyl (C=O) groups excluding carboxylic acids is 3. The minimum absolute atomic E-state index is 0.0468. The summed E-state index contributed by atoms with van der Waals surface area (Å²) in [7, 11) is 0. The molecule has 0 saturated heterocycles. The summed E-state index contributed by atoms with van der Waals surface area (Å²) >= 11 is 1.21. The number of esters is 1. The van der Waals surface area contributed by atoms with E-state index in [-0.39, 0.29) is 18.6 Å². The van der Waals surface area contributed by atoms with Crippen LogP contribution in [0.4, 0.5) is 5.69 Å². The van der Waals surface area contributed by atoms with Crippen LogP contribution in [-0.2, 0) is 25.5 Å². The lowest BCUT2D eigenvalue weighted by Crippen LogP contribution is -2.21. The number of primary amides is 1. The van der Waals surface area contributed by atoms with Crippen LogP contribution in [0, 0.1) is 0 Å². The van der Waals surface area contributed by atoms with E-state index in [1.807, 2.05) is 18.2 Å². The third kappa shape index (κ3) is 6.08. The maximum absolute atomic E-state index is 12.1. The first-order valence-corrected chi connectivity index (χ1v) is 9.80. The Morgan fingerprint density at radius 3 is 2.66 bits per heavy atom. The molecule has 0 radical (unpaired) electrons. The minimum Gasteiger partial charge on any atom is -0.456 e. The molecule has 2 amide bonds. The van der Waals surface area contributed by atoms with Gasteiger partial charge < -0.3 is 20.2 Å². The largest absolute Gasteiger partial charge is 0.456 e. The van der Waals surface area contributed by atoms with Gasteiger partial charge in [-0.05, 0) is 24.3 Å². The molecular formula is C20H19N3O5S. The Morgan fingerprint density at radius 1 is 1.10 bits per heavy atom. The molecule has 0 bridgehead atoms. The van der Waals surface area contributed by atoms with E-state index < -0.39 is 24.4 Å². The molecule has 150 valence electrons. The number of amides is 2. The molecular weight excluding hydrogens is 394 g/mol. The maximum atomic E-state index is 12.1. The Kier molecular flexibility index (Phi) is 6.85. The van der Waals surface area contributed by atoms with E-state index in [4.69, 9.17) is 14.9 Å². The quantitative estimate of drug-likeness (QED) is 0.408. The minimum atomic E-state index is -0.529. The monoisotopic (exact) mass is 413 g/mol. The van der Waals surface area contributed by atoms with Crippen molar-refractivity contribution in [1.82, 2.24) is 4.98 Å². The normalized spacial score (nSPS) is 10.6. The lowest BCUT2D eigenvalue weighted by atomic mass is 10.3. The number of nitrogens with one attached hydrogen (secondary N) is 1. The molecule has 8 nitrogen and oxygen atoms in total. The molecule has 1 aromatic heterocycles. The van der Waals surface area contributed by atoms with Crippen molar-refractivity contribution in [2.45, 2.75) is 17.7 Å². The average Bonchev–Trinajstić information content (AvgIpc) is 3.13. The Morgan fingerprint density at radius 2 is 1.86 bits per heavy atom. The van der Waals surface area contributed by atoms with E-state index in [9.17, 15) is 14.4 Å². The van der Waals surface area contributed by atoms with Crippen molar-refractivity contribution in [2.24, 2.45) is 5.73 Å². The van der Waals surface area contributed by atoms with Gasteiger partial charge in [0.15, 0.2) is 18.1 Å². The summed E-state index contributed by atoms with van der Waals surface area (Å²) in [6.45, 7) is -0.415. The number of ether oxygens (including phenoxy) is 1. The van der Waals surface area contributed by atoms with Crippen LogP contribution in [0.15, 0.2) is 57.8 Å². The zero-order valence-corrected chi connectivity index (χ0v) is 16.2. The van der Waals surface area contributed by atoms with E-state index in [0.29, 0.717) is 22.1 Å². The van der Waals surface area contributed by atoms with E-state index in [2.05, 4.69) is 10.3 Å². The first-order chi connectivity index (χ1) is 14.0. The molecule has 3 N–H and O–H groups in total. The third-order valence-corrected chi connectivity index (χ3v) is 4.87. The average molecular weight is 413 g/mol. The number of carbonyl (C=O) groups is 3. The van der Waals surface area contributed by atoms with Crippen molar-refractivity contribution < 1.29 is 23.5 Å². The van der Waals surface area contributed by atoms with Crippen molar-refractivity contribution >= 4 is 46.3 Å². The number of benzene rings is 2. The summed E-state index contributed by atoms with van der Waals surface area (Å²) in [5, 5.41) is 2.66. The SMILES string of the molecule is NC(=O)CSc1ccccc1NC(=O)COC(=O)CCc1nc2ccccc2o1. The van der Waals surface area contributed by atoms with Gasteiger partial charge in [0, 0.05) is 11.3 Å². The van der Waals surface area contributed by atoms with Gasteiger partial charge in [0.25, 0.3) is 5.91 Å². The number of rotatable bonds is 9. The Bertz CT molecular complexity index is 1000. The molecule has 3 rings (SSSR count). The zero-order chi connectivity index (χ0) is 20.6. The van der Waals surface area contributed by atoms with Gasteiger partial charge in [0.1, 0.15) is 5.52 Å². The van der Waals surface area contributed by atoms with Gasteiger partial charge >= 0.3 is 5.97 Å². The van der Waals surface area contributed by atoms with Gasteiger partial charge in [0.2, 0.25) is 5.91 Å². The molecule has 0 saturated carbocycles. The van der Waals surface area contributed by atoms with Crippen LogP contribution >= 0.6 is 11.8 Å². The highest BCUT2D eigenvalue weighted by Crippen LogP contribution is 2.26. The molecule has 0 spiro atoms. The highest BCUT2D eigenvalue weighted by molar-refractivity contribution is 8.00. The number of fused-ring (bicyclic) bond motifs is 1. The predicted octanol–water partition coefficient (Wildman–Crippen LogP) is 2.52. The van der Waals surface area contributed by atoms with Crippen LogP contribution in [0.3, 0.4) is 0 Å². The number of oxazole rings is 1. The second kappa shape index (κ2) is 9.74. The van der Waals surface area contributed by atoms with Crippen molar-refractivity contribution in [3.8, 4) is 0 Å². The van der Waals surface area contributed by atoms with Crippen molar-refractivity contribution in [3.63, 3.8) is 0 Å². The highest BCUT2D eigenvalue weighted by Gasteiger charge is 2.13. The van der Waals surface area contributed by atoms with Crippen molar-refractivity contribution in [2.75, 3.05) is 17.7 Å². The fraction of sp³-hybridized carbons (Fsp3) is 0.200. The van der Waals surface area contributed by atoms with Gasteiger partial charge in [-0.1, -0.05) is 24.3 Å². The molecule has 0 aliphatic carbocycles. The number of aromatic nitrogens is 1. The molecule has 29 heavy (non-hydrogen) atoms. The molecule has 0 atom stereocenters. The molecule has 2 aromatic carbocycles. The first kappa shape index (κ1) is 20.4. The summed E-state index contributed by atoms with van der Waals surface area (Å²) in [5.41, 5.74) is 7.05. The second-order valence-electron chi connectivity index (χ2n) is 6.04. The van der Waals surface area contributed by atoms with Crippen LogP contribution < -0.4 is 11.1 Å². The number of aryl methyl sites for hydroxylation is 1. The summed E-state index contributed by atoms with van der Waals surface area (Å²) < 4.78 is 10.6. The first-order valence-electron chi connectivity index (χ1n) is 8.81. The lowest BCUT2D eigenvalue weighted by Gasteiger charge is -2.10. The van der Waals surface area contributed by atoms with Crippen LogP contribution in [0.1, 0.15) is 12.3 Å². The fourth-order valence-corrected chi connectivity index (χ4v) is 3.23. The number of nitrogens with zero attached hydrogens (tertiary/aromatic N) is 1. The number of nitrogens with two attached hydrogens (primary N) is 1. The topological polar surface area (TPSA) is 125 Å². The molecule has 3 aromatic rings. The molecule has 0 aliphatic heterocycles. The van der Waals surface area contributed by atoms with Gasteiger partial charge in [-0.3, -0.25) is 14.4 Å². The summed E-state index contributed by atoms with van der Waals surface area (Å²) in [6.07, 6.45) is 0.326. The molecule has 9 heteroatoms. The van der Waals surface area contributed by atoms with Crippen molar-refractivity contribution in [3.05, 3.63) is 54.4 Å². The van der Waals surface area contributed by atoms with E-state index in [1.165, 1.54) is 11.8 Å². The zero-order valence-electron chi connectivity index (χ0n) is 15.4. The van der Waals surface area contributed by atoms with Crippen LogP contribution in [0.5, 0.6) is 0 Å². The van der Waals surface area contributed by atoms with Gasteiger partial charge in [0.05, 0.1) is 17.9 Å². The van der Waals surface area contributed by atoms with Gasteiger partial charge in [-0.15, -0.1) is 11.8 Å². The Hall–Kier alpha value is -3.33. The number of anilines is 1. The lowest BCUT2D eigenvalue weighted by molar-refractivity contribution is -0.147. The highest BCUT2D eigenvalue weighted by atomic mass is 32.2. The van der Waals surface area contributed by atoms with E-state index in [0.717, 1.165) is 5.52 Å². The fourth-order valence-electron chi connectivity index (χ4n) is 2.49. The van der Waals surface area contributed by atoms with E-state index in [1.54, 1.807) is 30.3 Å². The summed E-state index contributed by atoms with van der Waals surface area (Å²) in [4.78, 5) is 39.9. The standard InChI is InChI=1S/C20H19N3O5S/c21-17(24)12-29-16-8-4-2-6-14(16)22-18(25)11-27-20(26)10-9-19-23-13-5-1-3-7-15(13)28-19/h1-8H,9-12H2,(H2,21,24)(H,22,25). The smallest absolute Gasteiger partial charge is 0.306 e.